The maximum atomic E-state index is 14.7. The number of hydrogen-bond acceptors (Lipinski definition) is 7. The molecule has 3 rings (SSSR count). The predicted molar refractivity (Wildman–Crippen MR) is 104 cm³/mol. The first-order chi connectivity index (χ1) is 13.7. The normalized spacial score (nSPS) is 11.6. The number of carbonyl (C=O) groups is 1. The lowest BCUT2D eigenvalue weighted by Crippen LogP contribution is -2.19. The molecule has 13 heteroatoms. The van der Waals surface area contributed by atoms with Gasteiger partial charge in [-0.3, -0.25) is 13.9 Å². The van der Waals surface area contributed by atoms with Crippen molar-refractivity contribution in [1.29, 1.82) is 0 Å². The minimum Gasteiger partial charge on any atom is -0.382 e. The molecule has 0 aliphatic rings. The van der Waals surface area contributed by atoms with Gasteiger partial charge in [0.25, 0.3) is 5.91 Å². The van der Waals surface area contributed by atoms with Gasteiger partial charge in [-0.15, -0.1) is 11.3 Å². The number of halogens is 3. The highest BCUT2D eigenvalue weighted by molar-refractivity contribution is 7.92. The number of thiophene rings is 1. The lowest BCUT2D eigenvalue weighted by Gasteiger charge is -2.12. The first kappa shape index (κ1) is 20.8. The second kappa shape index (κ2) is 8.21. The molecule has 29 heavy (non-hydrogen) atoms. The zero-order valence-electron chi connectivity index (χ0n) is 14.6. The number of aromatic nitrogens is 2. The predicted octanol–water partition coefficient (Wildman–Crippen LogP) is 2.91. The summed E-state index contributed by atoms with van der Waals surface area (Å²) in [5.74, 6) is -3.73. The van der Waals surface area contributed by atoms with E-state index >= 15 is 0 Å². The van der Waals surface area contributed by atoms with E-state index in [0.717, 1.165) is 29.8 Å². The summed E-state index contributed by atoms with van der Waals surface area (Å²) < 4.78 is 67.0. The van der Waals surface area contributed by atoms with Gasteiger partial charge < -0.3 is 11.1 Å². The van der Waals surface area contributed by atoms with Crippen molar-refractivity contribution in [2.45, 2.75) is 6.42 Å². The van der Waals surface area contributed by atoms with Crippen molar-refractivity contribution < 1.29 is 26.4 Å². The number of anilines is 3. The highest BCUT2D eigenvalue weighted by Gasteiger charge is 2.22. The summed E-state index contributed by atoms with van der Waals surface area (Å²) in [5.41, 5.74) is 4.51. The summed E-state index contributed by atoms with van der Waals surface area (Å²) in [6.07, 6.45) is 0.868. The van der Waals surface area contributed by atoms with Gasteiger partial charge in [0, 0.05) is 5.38 Å². The lowest BCUT2D eigenvalue weighted by atomic mass is 10.2. The van der Waals surface area contributed by atoms with E-state index in [1.54, 1.807) is 0 Å². The molecule has 0 atom stereocenters. The van der Waals surface area contributed by atoms with Crippen LogP contribution in [0.2, 0.25) is 0 Å². The van der Waals surface area contributed by atoms with Crippen molar-refractivity contribution in [3.8, 4) is 0 Å². The van der Waals surface area contributed by atoms with Crippen molar-refractivity contribution in [2.24, 2.45) is 0 Å². The summed E-state index contributed by atoms with van der Waals surface area (Å²) in [5, 5.41) is 3.49. The Bertz CT molecular complexity index is 1180. The number of amides is 1. The van der Waals surface area contributed by atoms with E-state index in [1.165, 1.54) is 5.38 Å². The van der Waals surface area contributed by atoms with Crippen molar-refractivity contribution in [1.82, 2.24) is 9.97 Å². The van der Waals surface area contributed by atoms with Crippen LogP contribution in [0.25, 0.3) is 10.2 Å². The Morgan fingerprint density at radius 2 is 2.00 bits per heavy atom. The first-order valence-corrected chi connectivity index (χ1v) is 10.6. The molecule has 0 fully saturated rings. The third kappa shape index (κ3) is 4.40. The first-order valence-electron chi connectivity index (χ1n) is 8.07. The van der Waals surface area contributed by atoms with E-state index in [-0.39, 0.29) is 23.3 Å². The van der Waals surface area contributed by atoms with Gasteiger partial charge in [0.05, 0.1) is 33.9 Å². The molecule has 4 N–H and O–H groups in total. The summed E-state index contributed by atoms with van der Waals surface area (Å²) in [6, 6.07) is 1.65. The minimum absolute atomic E-state index is 0.0202. The summed E-state index contributed by atoms with van der Waals surface area (Å²) in [7, 11) is -4.05. The molecule has 0 aliphatic carbocycles. The molecule has 0 aliphatic heterocycles. The van der Waals surface area contributed by atoms with Crippen LogP contribution in [0.3, 0.4) is 0 Å². The van der Waals surface area contributed by atoms with Crippen LogP contribution < -0.4 is 15.8 Å². The number of sulfonamides is 1. The lowest BCUT2D eigenvalue weighted by molar-refractivity contribution is 0.102. The third-order valence-electron chi connectivity index (χ3n) is 3.77. The number of nitrogens with two attached hydrogens (primary N) is 1. The van der Waals surface area contributed by atoms with Gasteiger partial charge >= 0.3 is 0 Å². The molecule has 0 saturated carbocycles. The Kier molecular flexibility index (Phi) is 5.88. The monoisotopic (exact) mass is 445 g/mol. The molecule has 1 aromatic carbocycles. The fourth-order valence-corrected chi connectivity index (χ4v) is 4.41. The highest BCUT2D eigenvalue weighted by atomic mass is 32.2. The fraction of sp³-hybridized carbons (Fsp3) is 0.188. The molecule has 2 aromatic heterocycles. The Morgan fingerprint density at radius 3 is 2.72 bits per heavy atom. The van der Waals surface area contributed by atoms with Gasteiger partial charge in [-0.05, 0) is 18.6 Å². The standard InChI is InChI=1S/C16H14F3N5O3S2/c17-4-1-5-29(26,27)24-10-3-2-9(18)13(11(10)19)23-16(25)8-6-28-14-12(8)21-7-22-15(14)20/h2-3,6-7,24H,1,4-5H2,(H,23,25)(H2,20,21,22). The van der Waals surface area contributed by atoms with E-state index in [2.05, 4.69) is 15.3 Å². The van der Waals surface area contributed by atoms with Crippen LogP contribution in [-0.4, -0.2) is 36.7 Å². The molecule has 8 nitrogen and oxygen atoms in total. The van der Waals surface area contributed by atoms with Crippen LogP contribution >= 0.6 is 11.3 Å². The zero-order valence-corrected chi connectivity index (χ0v) is 16.2. The zero-order chi connectivity index (χ0) is 21.2. The van der Waals surface area contributed by atoms with Gasteiger partial charge in [0.2, 0.25) is 10.0 Å². The second-order valence-electron chi connectivity index (χ2n) is 5.79. The van der Waals surface area contributed by atoms with E-state index in [4.69, 9.17) is 5.73 Å². The topological polar surface area (TPSA) is 127 Å². The quantitative estimate of drug-likeness (QED) is 0.513. The average Bonchev–Trinajstić information content (AvgIpc) is 3.11. The molecule has 0 unspecified atom stereocenters. The van der Waals surface area contributed by atoms with Gasteiger partial charge in [0.1, 0.15) is 23.6 Å². The van der Waals surface area contributed by atoms with E-state index in [0.29, 0.717) is 4.70 Å². The molecular formula is C16H14F3N5O3S2. The van der Waals surface area contributed by atoms with Crippen LogP contribution in [-0.2, 0) is 10.0 Å². The Labute approximate surface area is 167 Å². The number of fused-ring (bicyclic) bond motifs is 1. The van der Waals surface area contributed by atoms with Gasteiger partial charge in [-0.1, -0.05) is 0 Å². The molecule has 154 valence electrons. The highest BCUT2D eigenvalue weighted by Crippen LogP contribution is 2.30. The van der Waals surface area contributed by atoms with Gasteiger partial charge in [-0.25, -0.2) is 27.2 Å². The van der Waals surface area contributed by atoms with Gasteiger partial charge in [-0.2, -0.15) is 0 Å². The van der Waals surface area contributed by atoms with Crippen molar-refractivity contribution in [3.05, 3.63) is 41.0 Å². The van der Waals surface area contributed by atoms with Crippen molar-refractivity contribution >= 4 is 54.7 Å². The number of alkyl halides is 1. The van der Waals surface area contributed by atoms with Crippen LogP contribution in [0.1, 0.15) is 16.8 Å². The van der Waals surface area contributed by atoms with Crippen molar-refractivity contribution in [2.75, 3.05) is 28.2 Å². The minimum atomic E-state index is -4.05. The molecule has 0 radical (unpaired) electrons. The summed E-state index contributed by atoms with van der Waals surface area (Å²) in [4.78, 5) is 20.3. The largest absolute Gasteiger partial charge is 0.382 e. The number of hydrogen-bond donors (Lipinski definition) is 3. The van der Waals surface area contributed by atoms with E-state index in [9.17, 15) is 26.4 Å². The second-order valence-corrected chi connectivity index (χ2v) is 8.51. The Balaban J connectivity index is 1.90. The smallest absolute Gasteiger partial charge is 0.258 e. The number of benzene rings is 1. The SMILES string of the molecule is Nc1ncnc2c(C(=O)Nc3c(F)ccc(NS(=O)(=O)CCCF)c3F)csc12. The van der Waals surface area contributed by atoms with E-state index in [1.807, 2.05) is 4.72 Å². The van der Waals surface area contributed by atoms with Crippen LogP contribution in [0, 0.1) is 11.6 Å². The van der Waals surface area contributed by atoms with Crippen LogP contribution in [0.4, 0.5) is 30.4 Å². The summed E-state index contributed by atoms with van der Waals surface area (Å²) >= 11 is 1.09. The van der Waals surface area contributed by atoms with E-state index < -0.39 is 51.4 Å². The Hall–Kier alpha value is -2.93. The maximum absolute atomic E-state index is 14.7. The molecule has 0 bridgehead atoms. The number of nitrogens with zero attached hydrogens (tertiary/aromatic N) is 2. The van der Waals surface area contributed by atoms with Crippen LogP contribution in [0.15, 0.2) is 23.8 Å². The molecule has 0 spiro atoms. The van der Waals surface area contributed by atoms with Gasteiger partial charge in [0.15, 0.2) is 5.82 Å². The maximum Gasteiger partial charge on any atom is 0.258 e. The number of carbonyl (C=O) groups excluding carboxylic acids is 1. The number of rotatable bonds is 7. The molecule has 2 heterocycles. The third-order valence-corrected chi connectivity index (χ3v) is 6.12. The Morgan fingerprint density at radius 1 is 1.24 bits per heavy atom. The number of nitrogen functional groups attached to an aromatic ring is 1. The molecule has 1 amide bonds. The molecular weight excluding hydrogens is 431 g/mol. The molecule has 0 saturated heterocycles. The summed E-state index contributed by atoms with van der Waals surface area (Å²) in [6.45, 7) is -0.864. The molecule has 3 aromatic rings. The fourth-order valence-electron chi connectivity index (χ4n) is 2.42. The van der Waals surface area contributed by atoms with Crippen molar-refractivity contribution in [3.63, 3.8) is 0 Å². The number of nitrogens with one attached hydrogen (secondary N) is 2. The van der Waals surface area contributed by atoms with Crippen LogP contribution in [0.5, 0.6) is 0 Å². The average molecular weight is 445 g/mol.